The van der Waals surface area contributed by atoms with Gasteiger partial charge < -0.3 is 10.0 Å². The first kappa shape index (κ1) is 31.7. The number of rotatable bonds is 5. The number of aliphatic carboxylic acids is 1. The number of carbonyl (C=O) groups is 2. The standard InChI is InChI=1S/C30H27F8NO5S/c31-19-3-5-20(6-4-19)45(43,44)27-13-14-39(23(40)25-9-11-26(16-25,12-10-25)24(41)42)22(27)8-1-17-15-18(2-7-21(17)27)28(32,29(33,34)35)30(36,37)38/h2-7,15,22H,1,8-14,16H2,(H,41,42)/t22-,25?,26?,27-/m0/s1. The maximum absolute atomic E-state index is 15.0. The summed E-state index contributed by atoms with van der Waals surface area (Å²) in [6.45, 7) is -0.148. The van der Waals surface area contributed by atoms with E-state index in [-0.39, 0.29) is 80.0 Å². The molecule has 2 atom stereocenters. The van der Waals surface area contributed by atoms with E-state index in [1.165, 1.54) is 4.90 Å². The summed E-state index contributed by atoms with van der Waals surface area (Å²) in [4.78, 5) is 27.2. The Labute approximate surface area is 252 Å². The molecule has 1 heterocycles. The van der Waals surface area contributed by atoms with Crippen molar-refractivity contribution in [3.05, 3.63) is 65.0 Å². The number of sulfone groups is 1. The van der Waals surface area contributed by atoms with Crippen LogP contribution in [0.25, 0.3) is 0 Å². The minimum atomic E-state index is -6.38. The number of nitrogens with zero attached hydrogens (tertiary/aromatic N) is 1. The predicted octanol–water partition coefficient (Wildman–Crippen LogP) is 6.37. The lowest BCUT2D eigenvalue weighted by Gasteiger charge is -2.44. The molecule has 1 N–H and O–H groups in total. The Bertz CT molecular complexity index is 1670. The quantitative estimate of drug-likeness (QED) is 0.296. The molecule has 6 rings (SSSR count). The first-order valence-electron chi connectivity index (χ1n) is 14.3. The van der Waals surface area contributed by atoms with Crippen molar-refractivity contribution in [3.8, 4) is 0 Å². The van der Waals surface area contributed by atoms with Crippen LogP contribution in [0, 0.1) is 16.6 Å². The third-order valence-corrected chi connectivity index (χ3v) is 13.2. The summed E-state index contributed by atoms with van der Waals surface area (Å²) in [6, 6.07) is 4.04. The molecule has 3 fully saturated rings. The number of carboxylic acids is 1. The van der Waals surface area contributed by atoms with Gasteiger partial charge in [0.25, 0.3) is 0 Å². The molecule has 1 aliphatic heterocycles. The van der Waals surface area contributed by atoms with Gasteiger partial charge in [-0.25, -0.2) is 17.2 Å². The Hall–Kier alpha value is -3.23. The van der Waals surface area contributed by atoms with Crippen molar-refractivity contribution < 1.29 is 58.2 Å². The summed E-state index contributed by atoms with van der Waals surface area (Å²) in [5.74, 6) is -2.23. The minimum absolute atomic E-state index is 0.0719. The lowest BCUT2D eigenvalue weighted by molar-refractivity contribution is -0.348. The Morgan fingerprint density at radius 3 is 1.96 bits per heavy atom. The van der Waals surface area contributed by atoms with Crippen LogP contribution >= 0.6 is 0 Å². The number of hydrogen-bond acceptors (Lipinski definition) is 4. The average Bonchev–Trinajstić information content (AvgIpc) is 3.68. The Kier molecular flexibility index (Phi) is 6.80. The van der Waals surface area contributed by atoms with Crippen LogP contribution in [0.15, 0.2) is 47.4 Å². The first-order valence-corrected chi connectivity index (χ1v) is 15.8. The molecule has 0 radical (unpaired) electrons. The third-order valence-electron chi connectivity index (χ3n) is 10.7. The Balaban J connectivity index is 1.49. The van der Waals surface area contributed by atoms with Gasteiger partial charge in [-0.05, 0) is 86.8 Å². The van der Waals surface area contributed by atoms with Crippen LogP contribution in [-0.4, -0.2) is 55.2 Å². The van der Waals surface area contributed by atoms with E-state index in [4.69, 9.17) is 0 Å². The molecule has 2 saturated carbocycles. The summed E-state index contributed by atoms with van der Waals surface area (Å²) in [7, 11) is -4.62. The van der Waals surface area contributed by atoms with Crippen molar-refractivity contribution in [2.75, 3.05) is 6.54 Å². The highest BCUT2D eigenvalue weighted by atomic mass is 32.2. The lowest BCUT2D eigenvalue weighted by atomic mass is 9.76. The zero-order valence-electron chi connectivity index (χ0n) is 23.4. The zero-order valence-corrected chi connectivity index (χ0v) is 24.3. The van der Waals surface area contributed by atoms with Gasteiger partial charge in [0.2, 0.25) is 5.91 Å². The van der Waals surface area contributed by atoms with Crippen molar-refractivity contribution in [1.29, 1.82) is 0 Å². The fraction of sp³-hybridized carbons (Fsp3) is 0.533. The largest absolute Gasteiger partial charge is 0.481 e. The summed E-state index contributed by atoms with van der Waals surface area (Å²) in [6.07, 6.45) is -12.4. The fourth-order valence-corrected chi connectivity index (χ4v) is 10.8. The van der Waals surface area contributed by atoms with Gasteiger partial charge in [-0.2, -0.15) is 26.3 Å². The number of aryl methyl sites for hydroxylation is 1. The summed E-state index contributed by atoms with van der Waals surface area (Å²) < 4.78 is 137. The van der Waals surface area contributed by atoms with E-state index < -0.39 is 72.7 Å². The predicted molar refractivity (Wildman–Crippen MR) is 141 cm³/mol. The molecule has 0 unspecified atom stereocenters. The van der Waals surface area contributed by atoms with Crippen LogP contribution in [0.5, 0.6) is 0 Å². The summed E-state index contributed by atoms with van der Waals surface area (Å²) >= 11 is 0. The minimum Gasteiger partial charge on any atom is -0.481 e. The monoisotopic (exact) mass is 665 g/mol. The van der Waals surface area contributed by atoms with Crippen LogP contribution in [0.2, 0.25) is 0 Å². The molecule has 0 spiro atoms. The molecule has 244 valence electrons. The van der Waals surface area contributed by atoms with Crippen LogP contribution in [0.4, 0.5) is 35.1 Å². The molecule has 6 nitrogen and oxygen atoms in total. The van der Waals surface area contributed by atoms with Crippen molar-refractivity contribution in [2.45, 2.75) is 85.1 Å². The van der Waals surface area contributed by atoms with Crippen LogP contribution in [0.3, 0.4) is 0 Å². The lowest BCUT2D eigenvalue weighted by Crippen LogP contribution is -2.54. The van der Waals surface area contributed by atoms with E-state index in [0.717, 1.165) is 30.3 Å². The number of carboxylic acid groups (broad SMARTS) is 1. The number of fused-ring (bicyclic) bond motifs is 5. The molecular weight excluding hydrogens is 638 g/mol. The molecule has 2 bridgehead atoms. The highest BCUT2D eigenvalue weighted by Crippen LogP contribution is 2.64. The number of likely N-dealkylation sites (tertiary alicyclic amines) is 1. The Morgan fingerprint density at radius 1 is 0.844 bits per heavy atom. The van der Waals surface area contributed by atoms with Crippen LogP contribution in [0.1, 0.15) is 61.6 Å². The average molecular weight is 666 g/mol. The maximum Gasteiger partial charge on any atom is 0.435 e. The topological polar surface area (TPSA) is 91.8 Å². The smallest absolute Gasteiger partial charge is 0.435 e. The van der Waals surface area contributed by atoms with E-state index in [2.05, 4.69) is 0 Å². The van der Waals surface area contributed by atoms with Gasteiger partial charge >= 0.3 is 24.0 Å². The van der Waals surface area contributed by atoms with Gasteiger partial charge in [-0.15, -0.1) is 0 Å². The van der Waals surface area contributed by atoms with E-state index in [1.807, 2.05) is 0 Å². The van der Waals surface area contributed by atoms with Gasteiger partial charge in [0, 0.05) is 12.1 Å². The number of hydrogen-bond donors (Lipinski definition) is 1. The van der Waals surface area contributed by atoms with E-state index in [1.54, 1.807) is 0 Å². The highest BCUT2D eigenvalue weighted by Gasteiger charge is 2.74. The van der Waals surface area contributed by atoms with Crippen molar-refractivity contribution in [3.63, 3.8) is 0 Å². The third kappa shape index (κ3) is 4.13. The number of benzene rings is 2. The molecule has 1 saturated heterocycles. The second-order valence-electron chi connectivity index (χ2n) is 12.7. The fourth-order valence-electron chi connectivity index (χ4n) is 8.39. The van der Waals surface area contributed by atoms with Gasteiger partial charge in [-0.1, -0.05) is 18.2 Å². The second-order valence-corrected chi connectivity index (χ2v) is 14.9. The number of halogens is 8. The molecule has 45 heavy (non-hydrogen) atoms. The molecular formula is C30H27F8NO5S. The highest BCUT2D eigenvalue weighted by molar-refractivity contribution is 7.92. The van der Waals surface area contributed by atoms with Crippen molar-refractivity contribution in [2.24, 2.45) is 10.8 Å². The molecule has 15 heteroatoms. The first-order chi connectivity index (χ1) is 20.8. The second kappa shape index (κ2) is 9.64. The van der Waals surface area contributed by atoms with Gasteiger partial charge in [0.05, 0.1) is 21.8 Å². The molecule has 0 aromatic heterocycles. The Morgan fingerprint density at radius 2 is 1.42 bits per heavy atom. The maximum atomic E-state index is 15.0. The van der Waals surface area contributed by atoms with E-state index in [9.17, 15) is 53.8 Å². The molecule has 4 aliphatic rings. The molecule has 3 aliphatic carbocycles. The summed E-state index contributed by atoms with van der Waals surface area (Å²) in [5, 5.41) is 9.82. The summed E-state index contributed by atoms with van der Waals surface area (Å²) in [5.41, 5.74) is -10.0. The van der Waals surface area contributed by atoms with Crippen LogP contribution < -0.4 is 0 Å². The number of carbonyl (C=O) groups excluding carboxylic acids is 1. The molecule has 1 amide bonds. The molecule has 2 aromatic carbocycles. The van der Waals surface area contributed by atoms with Gasteiger partial charge in [-0.3, -0.25) is 9.59 Å². The number of alkyl halides is 7. The van der Waals surface area contributed by atoms with E-state index >= 15 is 4.39 Å². The number of amides is 1. The van der Waals surface area contributed by atoms with Crippen LogP contribution in [-0.2, 0) is 36.3 Å². The molecule has 2 aromatic rings. The van der Waals surface area contributed by atoms with Crippen molar-refractivity contribution in [1.82, 2.24) is 4.90 Å². The van der Waals surface area contributed by atoms with Gasteiger partial charge in [0.15, 0.2) is 9.84 Å². The van der Waals surface area contributed by atoms with Gasteiger partial charge in [0.1, 0.15) is 10.6 Å². The van der Waals surface area contributed by atoms with Crippen molar-refractivity contribution >= 4 is 21.7 Å². The van der Waals surface area contributed by atoms with E-state index in [0.29, 0.717) is 6.07 Å². The normalized spacial score (nSPS) is 29.9. The zero-order chi connectivity index (χ0) is 33.0. The SMILES string of the molecule is O=C(O)C12CCC(C(=O)N3CC[C@]4(S(=O)(=O)c5ccc(F)cc5)c5ccc(C(F)(C(F)(F)F)C(F)(F)F)cc5CC[C@H]34)(CC1)C2.